The van der Waals surface area contributed by atoms with Crippen molar-refractivity contribution in [3.63, 3.8) is 0 Å². The van der Waals surface area contributed by atoms with Crippen molar-refractivity contribution in [3.05, 3.63) is 53.6 Å². The standard InChI is InChI=1S/C18H18N4O3/c1-13-4-6-15(7-5-13)22(9-3-8-19)17(23)12-25-18(24)16-11-20-14(2)10-21-16/h4-7,10-11H,3,9,12H2,1-2H3. The second-order valence-electron chi connectivity index (χ2n) is 5.41. The van der Waals surface area contributed by atoms with Crippen molar-refractivity contribution in [2.75, 3.05) is 18.1 Å². The lowest BCUT2D eigenvalue weighted by atomic mass is 10.2. The Kier molecular flexibility index (Phi) is 6.18. The van der Waals surface area contributed by atoms with Crippen LogP contribution in [-0.2, 0) is 9.53 Å². The van der Waals surface area contributed by atoms with Gasteiger partial charge in [0.1, 0.15) is 0 Å². The fraction of sp³-hybridized carbons (Fsp3) is 0.278. The van der Waals surface area contributed by atoms with E-state index in [0.717, 1.165) is 5.56 Å². The Morgan fingerprint density at radius 2 is 1.88 bits per heavy atom. The number of ether oxygens (including phenoxy) is 1. The van der Waals surface area contributed by atoms with E-state index in [4.69, 9.17) is 10.00 Å². The van der Waals surface area contributed by atoms with Gasteiger partial charge in [-0.05, 0) is 26.0 Å². The molecule has 128 valence electrons. The van der Waals surface area contributed by atoms with Gasteiger partial charge in [-0.2, -0.15) is 5.26 Å². The van der Waals surface area contributed by atoms with Crippen LogP contribution in [0.15, 0.2) is 36.7 Å². The predicted octanol–water partition coefficient (Wildman–Crippen LogP) is 2.20. The Hall–Kier alpha value is -3.27. The average Bonchev–Trinajstić information content (AvgIpc) is 2.62. The van der Waals surface area contributed by atoms with Crippen molar-refractivity contribution in [1.29, 1.82) is 5.26 Å². The molecule has 0 atom stereocenters. The first-order valence-electron chi connectivity index (χ1n) is 7.71. The lowest BCUT2D eigenvalue weighted by Crippen LogP contribution is -2.35. The Bertz CT molecular complexity index is 779. The lowest BCUT2D eigenvalue weighted by Gasteiger charge is -2.21. The van der Waals surface area contributed by atoms with Crippen LogP contribution in [0.2, 0.25) is 0 Å². The summed E-state index contributed by atoms with van der Waals surface area (Å²) in [5.41, 5.74) is 2.42. The number of carbonyl (C=O) groups is 2. The smallest absolute Gasteiger partial charge is 0.359 e. The number of benzene rings is 1. The minimum absolute atomic E-state index is 0.0392. The molecule has 0 spiro atoms. The third-order valence-electron chi connectivity index (χ3n) is 3.41. The van der Waals surface area contributed by atoms with E-state index in [9.17, 15) is 9.59 Å². The number of rotatable bonds is 6. The van der Waals surface area contributed by atoms with Gasteiger partial charge in [-0.3, -0.25) is 9.78 Å². The Morgan fingerprint density at radius 1 is 1.16 bits per heavy atom. The quantitative estimate of drug-likeness (QED) is 0.749. The van der Waals surface area contributed by atoms with E-state index >= 15 is 0 Å². The topological polar surface area (TPSA) is 96.2 Å². The van der Waals surface area contributed by atoms with Crippen molar-refractivity contribution >= 4 is 17.6 Å². The molecule has 0 fully saturated rings. The van der Waals surface area contributed by atoms with Gasteiger partial charge in [0.2, 0.25) is 0 Å². The Labute approximate surface area is 145 Å². The molecule has 0 radical (unpaired) electrons. The minimum atomic E-state index is -0.718. The van der Waals surface area contributed by atoms with Crippen molar-refractivity contribution in [2.24, 2.45) is 0 Å². The van der Waals surface area contributed by atoms with Gasteiger partial charge >= 0.3 is 5.97 Å². The number of carbonyl (C=O) groups excluding carboxylic acids is 2. The van der Waals surface area contributed by atoms with Crippen LogP contribution in [0.5, 0.6) is 0 Å². The van der Waals surface area contributed by atoms with Crippen molar-refractivity contribution in [2.45, 2.75) is 20.3 Å². The number of aromatic nitrogens is 2. The second-order valence-corrected chi connectivity index (χ2v) is 5.41. The molecule has 1 amide bonds. The normalized spacial score (nSPS) is 9.96. The SMILES string of the molecule is Cc1ccc(N(CCC#N)C(=O)COC(=O)c2cnc(C)cn2)cc1. The molecular formula is C18H18N4O3. The predicted molar refractivity (Wildman–Crippen MR) is 90.8 cm³/mol. The molecule has 25 heavy (non-hydrogen) atoms. The molecule has 2 aromatic rings. The third-order valence-corrected chi connectivity index (χ3v) is 3.41. The van der Waals surface area contributed by atoms with Gasteiger partial charge in [0.15, 0.2) is 12.3 Å². The fourth-order valence-electron chi connectivity index (χ4n) is 2.06. The molecule has 2 rings (SSSR count). The summed E-state index contributed by atoms with van der Waals surface area (Å²) >= 11 is 0. The number of anilines is 1. The number of hydrogen-bond donors (Lipinski definition) is 0. The van der Waals surface area contributed by atoms with Crippen LogP contribution in [0.3, 0.4) is 0 Å². The molecule has 7 heteroatoms. The van der Waals surface area contributed by atoms with Crippen LogP contribution in [0.25, 0.3) is 0 Å². The summed E-state index contributed by atoms with van der Waals surface area (Å²) in [6.07, 6.45) is 2.93. The van der Waals surface area contributed by atoms with E-state index in [1.54, 1.807) is 19.1 Å². The fourth-order valence-corrected chi connectivity index (χ4v) is 2.06. The van der Waals surface area contributed by atoms with Crippen molar-refractivity contribution in [1.82, 2.24) is 9.97 Å². The van der Waals surface area contributed by atoms with E-state index in [-0.39, 0.29) is 18.7 Å². The number of nitriles is 1. The summed E-state index contributed by atoms with van der Waals surface area (Å²) in [5.74, 6) is -1.13. The van der Waals surface area contributed by atoms with Crippen LogP contribution >= 0.6 is 0 Å². The van der Waals surface area contributed by atoms with Gasteiger partial charge in [-0.15, -0.1) is 0 Å². The van der Waals surface area contributed by atoms with Gasteiger partial charge in [-0.1, -0.05) is 17.7 Å². The molecule has 0 unspecified atom stereocenters. The first-order chi connectivity index (χ1) is 12.0. The highest BCUT2D eigenvalue weighted by Crippen LogP contribution is 2.16. The second kappa shape index (κ2) is 8.55. The monoisotopic (exact) mass is 338 g/mol. The molecule has 0 saturated carbocycles. The molecule has 0 bridgehead atoms. The molecule has 1 aromatic heterocycles. The maximum atomic E-state index is 12.4. The number of nitrogens with zero attached hydrogens (tertiary/aromatic N) is 4. The zero-order valence-electron chi connectivity index (χ0n) is 14.1. The summed E-state index contributed by atoms with van der Waals surface area (Å²) in [4.78, 5) is 33.7. The zero-order valence-corrected chi connectivity index (χ0v) is 14.1. The van der Waals surface area contributed by atoms with Crippen LogP contribution in [0, 0.1) is 25.2 Å². The van der Waals surface area contributed by atoms with Crippen LogP contribution in [-0.4, -0.2) is 35.0 Å². The number of aryl methyl sites for hydroxylation is 2. The highest BCUT2D eigenvalue weighted by atomic mass is 16.5. The van der Waals surface area contributed by atoms with Crippen molar-refractivity contribution in [3.8, 4) is 6.07 Å². The Morgan fingerprint density at radius 3 is 2.48 bits per heavy atom. The van der Waals surface area contributed by atoms with Crippen LogP contribution < -0.4 is 4.90 Å². The van der Waals surface area contributed by atoms with E-state index in [1.165, 1.54) is 17.3 Å². The maximum Gasteiger partial charge on any atom is 0.359 e. The molecule has 1 heterocycles. The average molecular weight is 338 g/mol. The molecule has 7 nitrogen and oxygen atoms in total. The molecule has 0 aliphatic carbocycles. The van der Waals surface area contributed by atoms with E-state index in [0.29, 0.717) is 11.4 Å². The number of amides is 1. The summed E-state index contributed by atoms with van der Waals surface area (Å²) in [6, 6.07) is 9.33. The first-order valence-corrected chi connectivity index (χ1v) is 7.71. The van der Waals surface area contributed by atoms with Crippen LogP contribution in [0.4, 0.5) is 5.69 Å². The van der Waals surface area contributed by atoms with E-state index < -0.39 is 18.5 Å². The largest absolute Gasteiger partial charge is 0.451 e. The molecular weight excluding hydrogens is 320 g/mol. The van der Waals surface area contributed by atoms with Gasteiger partial charge in [-0.25, -0.2) is 9.78 Å². The zero-order chi connectivity index (χ0) is 18.2. The lowest BCUT2D eigenvalue weighted by molar-refractivity contribution is -0.121. The summed E-state index contributed by atoms with van der Waals surface area (Å²) in [6.45, 7) is 3.48. The molecule has 0 N–H and O–H groups in total. The highest BCUT2D eigenvalue weighted by Gasteiger charge is 2.18. The highest BCUT2D eigenvalue weighted by molar-refractivity contribution is 5.96. The van der Waals surface area contributed by atoms with Gasteiger partial charge in [0, 0.05) is 18.4 Å². The van der Waals surface area contributed by atoms with E-state index in [2.05, 4.69) is 9.97 Å². The molecule has 1 aromatic carbocycles. The minimum Gasteiger partial charge on any atom is -0.451 e. The molecule has 0 aliphatic heterocycles. The van der Waals surface area contributed by atoms with Gasteiger partial charge < -0.3 is 9.64 Å². The molecule has 0 saturated heterocycles. The van der Waals surface area contributed by atoms with Crippen LogP contribution in [0.1, 0.15) is 28.2 Å². The van der Waals surface area contributed by atoms with Gasteiger partial charge in [0.25, 0.3) is 5.91 Å². The first kappa shape index (κ1) is 18.1. The summed E-state index contributed by atoms with van der Waals surface area (Å²) in [7, 11) is 0. The Balaban J connectivity index is 2.03. The van der Waals surface area contributed by atoms with Crippen molar-refractivity contribution < 1.29 is 14.3 Å². The number of esters is 1. The number of hydrogen-bond acceptors (Lipinski definition) is 6. The third kappa shape index (κ3) is 5.11. The molecule has 0 aliphatic rings. The van der Waals surface area contributed by atoms with Gasteiger partial charge in [0.05, 0.1) is 24.4 Å². The van der Waals surface area contributed by atoms with E-state index in [1.807, 2.05) is 25.1 Å². The summed E-state index contributed by atoms with van der Waals surface area (Å²) in [5, 5.41) is 8.79. The maximum absolute atomic E-state index is 12.4. The summed E-state index contributed by atoms with van der Waals surface area (Å²) < 4.78 is 5.02.